The van der Waals surface area contributed by atoms with Gasteiger partial charge in [-0.1, -0.05) is 18.7 Å². The van der Waals surface area contributed by atoms with Crippen molar-refractivity contribution in [1.29, 1.82) is 0 Å². The van der Waals surface area contributed by atoms with Gasteiger partial charge in [-0.15, -0.1) is 0 Å². The van der Waals surface area contributed by atoms with E-state index in [1.807, 2.05) is 0 Å². The molecule has 10 heavy (non-hydrogen) atoms. The van der Waals surface area contributed by atoms with Gasteiger partial charge in [-0.2, -0.15) is 0 Å². The molecule has 0 rings (SSSR count). The zero-order valence-electron chi connectivity index (χ0n) is 7.22. The topological polar surface area (TPSA) is 15.3 Å². The normalized spacial score (nSPS) is 12.8. The number of hydrogen-bond donors (Lipinski definition) is 1. The van der Waals surface area contributed by atoms with E-state index in [1.165, 1.54) is 0 Å². The van der Waals surface area contributed by atoms with E-state index in [9.17, 15) is 0 Å². The van der Waals surface area contributed by atoms with E-state index in [-0.39, 0.29) is 9.68 Å². The molecule has 0 saturated heterocycles. The van der Waals surface area contributed by atoms with Crippen molar-refractivity contribution in [3.63, 3.8) is 0 Å². The highest BCUT2D eigenvalue weighted by Crippen LogP contribution is 1.74. The van der Waals surface area contributed by atoms with Crippen LogP contribution in [0.1, 0.15) is 6.92 Å². The average molecular weight is 158 g/mol. The molecule has 2 nitrogen and oxygen atoms in total. The first-order valence-electron chi connectivity index (χ1n) is 3.77. The zero-order chi connectivity index (χ0) is 7.82. The van der Waals surface area contributed by atoms with Crippen LogP contribution in [0.15, 0.2) is 11.8 Å². The summed E-state index contributed by atoms with van der Waals surface area (Å²) in [7, 11) is 4.08. The van der Waals surface area contributed by atoms with Gasteiger partial charge in [0.05, 0.1) is 0 Å². The van der Waals surface area contributed by atoms with Crippen LogP contribution in [0, 0.1) is 0 Å². The SMILES string of the molecule is CCN[SiH2]C=CCN(C)C. The Labute approximate surface area is 66.2 Å². The first-order chi connectivity index (χ1) is 4.77. The summed E-state index contributed by atoms with van der Waals surface area (Å²) in [5.74, 6) is 0. The van der Waals surface area contributed by atoms with E-state index in [1.54, 1.807) is 0 Å². The van der Waals surface area contributed by atoms with Gasteiger partial charge in [0, 0.05) is 6.54 Å². The lowest BCUT2D eigenvalue weighted by atomic mass is 10.6. The zero-order valence-corrected chi connectivity index (χ0v) is 8.64. The van der Waals surface area contributed by atoms with Gasteiger partial charge in [-0.3, -0.25) is 0 Å². The van der Waals surface area contributed by atoms with Crippen LogP contribution in [0.2, 0.25) is 0 Å². The lowest BCUT2D eigenvalue weighted by molar-refractivity contribution is 0.456. The Kier molecular flexibility index (Phi) is 6.90. The van der Waals surface area contributed by atoms with E-state index in [4.69, 9.17) is 0 Å². The van der Waals surface area contributed by atoms with Gasteiger partial charge in [-0.05, 0) is 20.6 Å². The molecule has 0 amide bonds. The number of likely N-dealkylation sites (N-methyl/N-ethyl adjacent to an activating group) is 1. The average Bonchev–Trinajstić information content (AvgIpc) is 1.87. The van der Waals surface area contributed by atoms with Crippen LogP contribution in [0.5, 0.6) is 0 Å². The second kappa shape index (κ2) is 6.99. The summed E-state index contributed by atoms with van der Waals surface area (Å²) in [6.45, 7) is 4.32. The fraction of sp³-hybridized carbons (Fsp3) is 0.714. The molecule has 0 spiro atoms. The van der Waals surface area contributed by atoms with Crippen molar-refractivity contribution in [2.75, 3.05) is 27.2 Å². The number of nitrogens with one attached hydrogen (secondary N) is 1. The molecular weight excluding hydrogens is 140 g/mol. The van der Waals surface area contributed by atoms with Crippen LogP contribution < -0.4 is 4.98 Å². The predicted octanol–water partition coefficient (Wildman–Crippen LogP) is -0.245. The van der Waals surface area contributed by atoms with Crippen molar-refractivity contribution in [3.05, 3.63) is 11.8 Å². The maximum absolute atomic E-state index is 3.36. The molecule has 0 aliphatic rings. The summed E-state index contributed by atoms with van der Waals surface area (Å²) in [6, 6.07) is 0. The van der Waals surface area contributed by atoms with Crippen LogP contribution in [0.25, 0.3) is 0 Å². The highest BCUT2D eigenvalue weighted by molar-refractivity contribution is 6.38. The third kappa shape index (κ3) is 7.88. The number of hydrogen-bond acceptors (Lipinski definition) is 2. The van der Waals surface area contributed by atoms with Crippen molar-refractivity contribution in [3.8, 4) is 0 Å². The summed E-state index contributed by atoms with van der Waals surface area (Å²) < 4.78 is 0. The van der Waals surface area contributed by atoms with Crippen molar-refractivity contribution >= 4 is 9.68 Å². The molecule has 3 heteroatoms. The Morgan fingerprint density at radius 2 is 2.20 bits per heavy atom. The molecule has 0 fully saturated rings. The first kappa shape index (κ1) is 9.88. The molecule has 0 aliphatic carbocycles. The van der Waals surface area contributed by atoms with Crippen LogP contribution in [-0.2, 0) is 0 Å². The maximum atomic E-state index is 3.36. The molecule has 0 aromatic carbocycles. The quantitative estimate of drug-likeness (QED) is 0.439. The van der Waals surface area contributed by atoms with Crippen molar-refractivity contribution in [2.24, 2.45) is 0 Å². The predicted molar refractivity (Wildman–Crippen MR) is 49.9 cm³/mol. The first-order valence-corrected chi connectivity index (χ1v) is 5.30. The van der Waals surface area contributed by atoms with Gasteiger partial charge in [0.25, 0.3) is 0 Å². The van der Waals surface area contributed by atoms with Crippen LogP contribution in [-0.4, -0.2) is 41.8 Å². The monoisotopic (exact) mass is 158 g/mol. The largest absolute Gasteiger partial charge is 0.339 e. The standard InChI is InChI=1S/C7H18N2Si/c1-4-8-10-7-5-6-9(2)3/h5,7-8H,4,6,10H2,1-3H3. The molecule has 0 bridgehead atoms. The number of rotatable bonds is 5. The lowest BCUT2D eigenvalue weighted by Crippen LogP contribution is -2.17. The minimum absolute atomic E-state index is 0.0889. The molecule has 0 aromatic heterocycles. The summed E-state index contributed by atoms with van der Waals surface area (Å²) in [5.41, 5.74) is 2.30. The third-order valence-corrected chi connectivity index (χ3v) is 2.51. The maximum Gasteiger partial charge on any atom is 0.116 e. The molecule has 1 N–H and O–H groups in total. The Morgan fingerprint density at radius 3 is 2.70 bits per heavy atom. The molecule has 0 saturated carbocycles. The summed E-state index contributed by atoms with van der Waals surface area (Å²) in [6.07, 6.45) is 2.23. The van der Waals surface area contributed by atoms with Crippen LogP contribution in [0.3, 0.4) is 0 Å². The highest BCUT2D eigenvalue weighted by atomic mass is 28.2. The van der Waals surface area contributed by atoms with Gasteiger partial charge in [0.15, 0.2) is 0 Å². The van der Waals surface area contributed by atoms with E-state index in [0.717, 1.165) is 13.1 Å². The molecule has 0 aliphatic heterocycles. The molecule has 0 atom stereocenters. The fourth-order valence-corrected chi connectivity index (χ4v) is 1.37. The molecule has 0 aromatic rings. The third-order valence-electron chi connectivity index (χ3n) is 1.15. The van der Waals surface area contributed by atoms with Crippen molar-refractivity contribution in [2.45, 2.75) is 6.92 Å². The highest BCUT2D eigenvalue weighted by Gasteiger charge is 1.81. The fourth-order valence-electron chi connectivity index (χ4n) is 0.596. The van der Waals surface area contributed by atoms with Crippen molar-refractivity contribution in [1.82, 2.24) is 9.88 Å². The lowest BCUT2D eigenvalue weighted by Gasteiger charge is -2.03. The summed E-state index contributed by atoms with van der Waals surface area (Å²) in [4.78, 5) is 5.52. The van der Waals surface area contributed by atoms with Gasteiger partial charge >= 0.3 is 0 Å². The molecule has 0 heterocycles. The van der Waals surface area contributed by atoms with Crippen molar-refractivity contribution < 1.29 is 0 Å². The summed E-state index contributed by atoms with van der Waals surface area (Å²) >= 11 is 0. The smallest absolute Gasteiger partial charge is 0.116 e. The molecule has 0 radical (unpaired) electrons. The minimum atomic E-state index is -0.0889. The number of nitrogens with zero attached hydrogens (tertiary/aromatic N) is 1. The second-order valence-electron chi connectivity index (χ2n) is 2.54. The van der Waals surface area contributed by atoms with Gasteiger partial charge in [0.1, 0.15) is 9.68 Å². The Morgan fingerprint density at radius 1 is 1.50 bits per heavy atom. The van der Waals surface area contributed by atoms with E-state index in [2.05, 4.69) is 42.7 Å². The van der Waals surface area contributed by atoms with E-state index >= 15 is 0 Å². The van der Waals surface area contributed by atoms with Gasteiger partial charge < -0.3 is 9.88 Å². The Hall–Kier alpha value is -0.123. The van der Waals surface area contributed by atoms with Gasteiger partial charge in [0.2, 0.25) is 0 Å². The second-order valence-corrected chi connectivity index (χ2v) is 3.92. The Bertz CT molecular complexity index is 91.6. The van der Waals surface area contributed by atoms with Gasteiger partial charge in [-0.25, -0.2) is 0 Å². The van der Waals surface area contributed by atoms with E-state index in [0.29, 0.717) is 0 Å². The molecule has 0 unspecified atom stereocenters. The molecular formula is C7H18N2Si. The Balaban J connectivity index is 3.04. The summed E-state index contributed by atoms with van der Waals surface area (Å²) in [5, 5.41) is 0. The van der Waals surface area contributed by atoms with E-state index < -0.39 is 0 Å². The van der Waals surface area contributed by atoms with Crippen LogP contribution in [0.4, 0.5) is 0 Å². The molecule has 60 valence electrons. The van der Waals surface area contributed by atoms with Crippen LogP contribution >= 0.6 is 0 Å². The minimum Gasteiger partial charge on any atom is -0.339 e.